The van der Waals surface area contributed by atoms with Crippen molar-refractivity contribution in [3.8, 4) is 17.2 Å². The fourth-order valence-electron chi connectivity index (χ4n) is 8.15. The second kappa shape index (κ2) is 27.7. The van der Waals surface area contributed by atoms with Crippen LogP contribution in [-0.4, -0.2) is 67.1 Å². The van der Waals surface area contributed by atoms with Gasteiger partial charge in [0.15, 0.2) is 63.8 Å². The summed E-state index contributed by atoms with van der Waals surface area (Å²) in [5.74, 6) is -28.8. The lowest BCUT2D eigenvalue weighted by Crippen LogP contribution is -2.79. The first-order chi connectivity index (χ1) is 37.5. The van der Waals surface area contributed by atoms with E-state index in [1.54, 1.807) is 21.3 Å². The van der Waals surface area contributed by atoms with Gasteiger partial charge >= 0.3 is 0 Å². The second-order valence-electron chi connectivity index (χ2n) is 16.0. The number of para-hydroxylation sites is 3. The van der Waals surface area contributed by atoms with E-state index >= 15 is 35.1 Å². The molecule has 6 nitrogen and oxygen atoms in total. The standard InChI is InChI=1S/C27H33O6S.C24BCl8F12/c1-28-16-19-31-22-10-4-7-13-25(22)34(26-14-8-5-11-23(26)32-20-17-29-2)27-15-9-6-12-24(27)33-21-18-30-3;26-5-1(13(34)21(42)17(38)9(5)30)25(2-6(27)10(31)18(39)22(43)14(2)35,3-7(28)11(32)19(40)23(44)15(3)36)4-8(29)12(33)20(41)24(45)16(4)37/h4-15H,16-21H2,1-3H3;/q+1;-1. The normalized spacial score (nSPS) is 11.5. The molecule has 0 spiro atoms. The fraction of sp³-hybridized carbons (Fsp3) is 0.176. The smallest absolute Gasteiger partial charge is 0.208 e. The maximum atomic E-state index is 16.0. The first-order valence-corrected chi connectivity index (χ1v) is 26.3. The van der Waals surface area contributed by atoms with Crippen LogP contribution < -0.4 is 36.1 Å². The minimum Gasteiger partial charge on any atom is -0.486 e. The number of rotatable bonds is 19. The highest BCUT2D eigenvalue weighted by Gasteiger charge is 2.50. The van der Waals surface area contributed by atoms with Crippen molar-refractivity contribution in [2.24, 2.45) is 0 Å². The van der Waals surface area contributed by atoms with E-state index < -0.39 is 149 Å². The van der Waals surface area contributed by atoms with Crippen molar-refractivity contribution in [2.45, 2.75) is 14.7 Å². The van der Waals surface area contributed by atoms with Gasteiger partial charge in [0.25, 0.3) is 0 Å². The van der Waals surface area contributed by atoms with Crippen LogP contribution in [0, 0.1) is 69.8 Å². The van der Waals surface area contributed by atoms with Crippen molar-refractivity contribution in [3.63, 3.8) is 0 Å². The molecule has 7 rings (SSSR count). The van der Waals surface area contributed by atoms with Crippen LogP contribution in [0.2, 0.25) is 40.2 Å². The molecule has 0 aliphatic carbocycles. The minimum atomic E-state index is -5.62. The molecule has 0 amide bonds. The Labute approximate surface area is 485 Å². The topological polar surface area (TPSA) is 55.4 Å². The molecule has 7 aromatic carbocycles. The summed E-state index contributed by atoms with van der Waals surface area (Å²) < 4.78 is 216. The summed E-state index contributed by atoms with van der Waals surface area (Å²) in [4.78, 5) is 3.14. The quantitative estimate of drug-likeness (QED) is 0.0201. The number of ether oxygens (including phenoxy) is 6. The highest BCUT2D eigenvalue weighted by Crippen LogP contribution is 2.45. The first kappa shape index (κ1) is 63.9. The Morgan fingerprint density at radius 3 is 0.734 bits per heavy atom. The summed E-state index contributed by atoms with van der Waals surface area (Å²) in [7, 11) is 4.44. The van der Waals surface area contributed by atoms with Crippen molar-refractivity contribution < 1.29 is 81.1 Å². The SMILES string of the molecule is COCCOc1ccccc1[S+](c1ccccc1OCCOC)c1ccccc1OCCOC.Fc1c(F)c(Cl)c(Cl)c([B-](c2c(F)c(F)c(F)c(Cl)c2Cl)(c2c(F)c(F)c(F)c(Cl)c2Cl)c2c(F)c(F)c(F)c(Cl)c2Cl)c1F. The van der Waals surface area contributed by atoms with Gasteiger partial charge < -0.3 is 28.4 Å². The number of benzene rings is 7. The Hall–Kier alpha value is -4.29. The van der Waals surface area contributed by atoms with Gasteiger partial charge in [-0.1, -0.05) is 129 Å². The molecule has 0 N–H and O–H groups in total. The molecule has 0 heterocycles. The molecule has 0 aliphatic heterocycles. The third-order valence-electron chi connectivity index (χ3n) is 11.5. The van der Waals surface area contributed by atoms with Crippen molar-refractivity contribution in [1.29, 1.82) is 0 Å². The van der Waals surface area contributed by atoms with Gasteiger partial charge in [0.1, 0.15) is 60.1 Å². The molecule has 0 atom stereocenters. The molecule has 0 saturated carbocycles. The van der Waals surface area contributed by atoms with Gasteiger partial charge in [-0.3, -0.25) is 0 Å². The van der Waals surface area contributed by atoms with Crippen LogP contribution in [-0.2, 0) is 25.1 Å². The molecule has 7 aromatic rings. The van der Waals surface area contributed by atoms with Gasteiger partial charge in [-0.2, -0.15) is 0 Å². The van der Waals surface area contributed by atoms with Crippen LogP contribution >= 0.6 is 92.8 Å². The summed E-state index contributed by atoms with van der Waals surface area (Å²) in [6.07, 6.45) is -5.62. The largest absolute Gasteiger partial charge is 0.486 e. The molecule has 0 aromatic heterocycles. The zero-order valence-corrected chi connectivity index (χ0v) is 47.0. The predicted octanol–water partition coefficient (Wildman–Crippen LogP) is 14.8. The van der Waals surface area contributed by atoms with E-state index in [9.17, 15) is 17.6 Å². The Kier molecular flexibility index (Phi) is 22.4. The third kappa shape index (κ3) is 12.3. The van der Waals surface area contributed by atoms with E-state index in [0.29, 0.717) is 39.6 Å². The third-order valence-corrected chi connectivity index (χ3v) is 17.3. The van der Waals surface area contributed by atoms with Crippen LogP contribution in [0.4, 0.5) is 52.7 Å². The second-order valence-corrected chi connectivity index (χ2v) is 20.9. The van der Waals surface area contributed by atoms with Crippen molar-refractivity contribution >= 4 is 132 Å². The van der Waals surface area contributed by atoms with Gasteiger partial charge in [0.05, 0.1) is 39.9 Å². The van der Waals surface area contributed by atoms with Gasteiger partial charge in [-0.15, -0.1) is 21.9 Å². The highest BCUT2D eigenvalue weighted by molar-refractivity contribution is 7.97. The highest BCUT2D eigenvalue weighted by atomic mass is 35.5. The molecule has 0 radical (unpaired) electrons. The van der Waals surface area contributed by atoms with Crippen LogP contribution in [0.5, 0.6) is 17.2 Å². The maximum Gasteiger partial charge on any atom is 0.208 e. The van der Waals surface area contributed by atoms with Crippen LogP contribution in [0.25, 0.3) is 0 Å². The van der Waals surface area contributed by atoms with E-state index in [4.69, 9.17) is 121 Å². The molecule has 79 heavy (non-hydrogen) atoms. The van der Waals surface area contributed by atoms with E-state index in [-0.39, 0.29) is 0 Å². The summed E-state index contributed by atoms with van der Waals surface area (Å²) in [6, 6.07) is 24.3. The van der Waals surface area contributed by atoms with Crippen LogP contribution in [0.15, 0.2) is 87.5 Å². The van der Waals surface area contributed by atoms with E-state index in [2.05, 4.69) is 18.2 Å². The van der Waals surface area contributed by atoms with Gasteiger partial charge in [-0.25, -0.2) is 52.7 Å². The zero-order chi connectivity index (χ0) is 58.4. The molecule has 0 aliphatic rings. The average Bonchev–Trinajstić information content (AvgIpc) is 3.62. The zero-order valence-electron chi connectivity index (χ0n) is 40.2. The Bertz CT molecular complexity index is 2900. The first-order valence-electron chi connectivity index (χ1n) is 22.1. The summed E-state index contributed by atoms with van der Waals surface area (Å²) in [5.41, 5.74) is -8.47. The maximum absolute atomic E-state index is 16.0. The Morgan fingerprint density at radius 1 is 0.304 bits per heavy atom. The molecular weight excluding hydrogens is 1260 g/mol. The monoisotopic (exact) mass is 1290 g/mol. The summed E-state index contributed by atoms with van der Waals surface area (Å²) in [5, 5.41) is -13.9. The number of hydrogen-bond donors (Lipinski definition) is 0. The van der Waals surface area contributed by atoms with E-state index in [1.807, 2.05) is 54.6 Å². The molecule has 0 unspecified atom stereocenters. The number of hydrogen-bond acceptors (Lipinski definition) is 6. The summed E-state index contributed by atoms with van der Waals surface area (Å²) in [6.45, 7) is 2.91. The van der Waals surface area contributed by atoms with Crippen molar-refractivity contribution in [3.05, 3.63) is 183 Å². The Balaban J connectivity index is 0.000000265. The minimum absolute atomic E-state index is 0.461. The lowest BCUT2D eigenvalue weighted by molar-refractivity contribution is 0.144. The molecule has 0 saturated heterocycles. The summed E-state index contributed by atoms with van der Waals surface area (Å²) >= 11 is 46.6. The average molecular weight is 1300 g/mol. The van der Waals surface area contributed by atoms with Gasteiger partial charge in [-0.05, 0) is 36.4 Å². The fourth-order valence-corrected chi connectivity index (χ4v) is 12.5. The Morgan fingerprint density at radius 2 is 0.519 bits per heavy atom. The molecule has 0 fully saturated rings. The lowest BCUT2D eigenvalue weighted by atomic mass is 9.12. The van der Waals surface area contributed by atoms with E-state index in [1.165, 1.54) is 0 Å². The van der Waals surface area contributed by atoms with Gasteiger partial charge in [0.2, 0.25) is 14.7 Å². The molecule has 422 valence electrons. The predicted molar refractivity (Wildman–Crippen MR) is 283 cm³/mol. The number of methoxy groups -OCH3 is 3. The van der Waals surface area contributed by atoms with E-state index in [0.717, 1.165) is 31.9 Å². The van der Waals surface area contributed by atoms with Crippen LogP contribution in [0.3, 0.4) is 0 Å². The van der Waals surface area contributed by atoms with Gasteiger partial charge in [0, 0.05) is 41.4 Å². The van der Waals surface area contributed by atoms with Crippen LogP contribution in [0.1, 0.15) is 0 Å². The molecule has 0 bridgehead atoms. The lowest BCUT2D eigenvalue weighted by Gasteiger charge is -2.46. The molecular formula is C51H33BCl8F12O6S. The number of halogens is 20. The molecule has 28 heteroatoms. The van der Waals surface area contributed by atoms with Crippen molar-refractivity contribution in [2.75, 3.05) is 61.0 Å². The van der Waals surface area contributed by atoms with Crippen molar-refractivity contribution in [1.82, 2.24) is 0 Å².